The minimum atomic E-state index is 0.826. The molecular weight excluding hydrogens is 174 g/mol. The second-order valence-corrected chi connectivity index (χ2v) is 3.82. The first kappa shape index (κ1) is 9.25. The molecule has 0 bridgehead atoms. The lowest BCUT2D eigenvalue weighted by Crippen LogP contribution is -2.20. The van der Waals surface area contributed by atoms with E-state index in [1.807, 2.05) is 12.1 Å². The summed E-state index contributed by atoms with van der Waals surface area (Å²) < 4.78 is 0. The highest BCUT2D eigenvalue weighted by atomic mass is 16.1. The Morgan fingerprint density at radius 1 is 1.29 bits per heavy atom. The van der Waals surface area contributed by atoms with E-state index < -0.39 is 0 Å². The molecule has 1 aliphatic heterocycles. The molecule has 1 fully saturated rings. The third-order valence-electron chi connectivity index (χ3n) is 2.82. The van der Waals surface area contributed by atoms with E-state index in [2.05, 4.69) is 17.9 Å². The van der Waals surface area contributed by atoms with Gasteiger partial charge in [0.1, 0.15) is 0 Å². The fourth-order valence-corrected chi connectivity index (χ4v) is 2.15. The maximum Gasteiger partial charge on any atom is 0.152 e. The Labute approximate surface area is 84.5 Å². The van der Waals surface area contributed by atoms with Crippen molar-refractivity contribution in [2.45, 2.75) is 19.8 Å². The van der Waals surface area contributed by atoms with E-state index in [-0.39, 0.29) is 0 Å². The average molecular weight is 189 g/mol. The van der Waals surface area contributed by atoms with E-state index in [0.29, 0.717) is 0 Å². The molecule has 1 aromatic rings. The van der Waals surface area contributed by atoms with E-state index in [1.165, 1.54) is 18.4 Å². The minimum Gasteiger partial charge on any atom is -0.371 e. The number of rotatable bonds is 2. The number of para-hydroxylation sites is 1. The van der Waals surface area contributed by atoms with Gasteiger partial charge in [0.2, 0.25) is 0 Å². The number of hydrogen-bond donors (Lipinski definition) is 0. The standard InChI is InChI=1S/C12H15NO/c1-10-5-4-6-11(9-14)12(10)13-7-2-3-8-13/h4-6,9H,2-3,7-8H2,1H3. The summed E-state index contributed by atoms with van der Waals surface area (Å²) in [6.07, 6.45) is 3.44. The van der Waals surface area contributed by atoms with Gasteiger partial charge in [-0.25, -0.2) is 0 Å². The number of nitrogens with zero attached hydrogens (tertiary/aromatic N) is 1. The Kier molecular flexibility index (Phi) is 2.53. The summed E-state index contributed by atoms with van der Waals surface area (Å²) in [6, 6.07) is 5.91. The van der Waals surface area contributed by atoms with Crippen LogP contribution in [0.3, 0.4) is 0 Å². The third kappa shape index (κ3) is 1.52. The van der Waals surface area contributed by atoms with Crippen LogP contribution in [0, 0.1) is 6.92 Å². The summed E-state index contributed by atoms with van der Waals surface area (Å²) >= 11 is 0. The molecule has 74 valence electrons. The van der Waals surface area contributed by atoms with E-state index in [9.17, 15) is 4.79 Å². The van der Waals surface area contributed by atoms with Crippen molar-refractivity contribution in [2.75, 3.05) is 18.0 Å². The van der Waals surface area contributed by atoms with E-state index in [0.717, 1.165) is 30.6 Å². The molecule has 0 unspecified atom stereocenters. The summed E-state index contributed by atoms with van der Waals surface area (Å²) in [5, 5.41) is 0. The number of anilines is 1. The summed E-state index contributed by atoms with van der Waals surface area (Å²) in [4.78, 5) is 13.2. The van der Waals surface area contributed by atoms with Crippen LogP contribution in [0.25, 0.3) is 0 Å². The Balaban J connectivity index is 2.42. The van der Waals surface area contributed by atoms with Gasteiger partial charge < -0.3 is 4.90 Å². The minimum absolute atomic E-state index is 0.826. The van der Waals surface area contributed by atoms with Crippen molar-refractivity contribution in [1.82, 2.24) is 0 Å². The molecule has 1 aliphatic rings. The molecular formula is C12H15NO. The van der Waals surface area contributed by atoms with Gasteiger partial charge in [-0.05, 0) is 31.4 Å². The maximum atomic E-state index is 10.9. The average Bonchev–Trinajstić information content (AvgIpc) is 2.70. The van der Waals surface area contributed by atoms with Gasteiger partial charge in [-0.2, -0.15) is 0 Å². The van der Waals surface area contributed by atoms with E-state index in [1.54, 1.807) is 0 Å². The molecule has 0 aromatic heterocycles. The molecule has 1 aromatic carbocycles. The van der Waals surface area contributed by atoms with E-state index >= 15 is 0 Å². The topological polar surface area (TPSA) is 20.3 Å². The predicted molar refractivity (Wildman–Crippen MR) is 58.0 cm³/mol. The van der Waals surface area contributed by atoms with Gasteiger partial charge in [0.05, 0.1) is 5.69 Å². The number of carbonyl (C=O) groups is 1. The first-order chi connectivity index (χ1) is 6.83. The fraction of sp³-hybridized carbons (Fsp3) is 0.417. The SMILES string of the molecule is Cc1cccc(C=O)c1N1CCCC1. The van der Waals surface area contributed by atoms with Gasteiger partial charge in [0, 0.05) is 18.7 Å². The molecule has 1 heterocycles. The summed E-state index contributed by atoms with van der Waals surface area (Å²) in [7, 11) is 0. The van der Waals surface area contributed by atoms with E-state index in [4.69, 9.17) is 0 Å². The third-order valence-corrected chi connectivity index (χ3v) is 2.82. The van der Waals surface area contributed by atoms with Crippen LogP contribution in [0.5, 0.6) is 0 Å². The van der Waals surface area contributed by atoms with Gasteiger partial charge in [-0.1, -0.05) is 12.1 Å². The summed E-state index contributed by atoms with van der Waals surface area (Å²) in [5.41, 5.74) is 3.17. The number of hydrogen-bond acceptors (Lipinski definition) is 2. The van der Waals surface area contributed by atoms with Crippen LogP contribution in [0.1, 0.15) is 28.8 Å². The molecule has 2 rings (SSSR count). The second kappa shape index (κ2) is 3.82. The van der Waals surface area contributed by atoms with Gasteiger partial charge >= 0.3 is 0 Å². The molecule has 0 saturated carbocycles. The lowest BCUT2D eigenvalue weighted by Gasteiger charge is -2.21. The molecule has 0 amide bonds. The molecule has 0 N–H and O–H groups in total. The Hall–Kier alpha value is -1.31. The maximum absolute atomic E-state index is 10.9. The van der Waals surface area contributed by atoms with Gasteiger partial charge in [-0.3, -0.25) is 4.79 Å². The van der Waals surface area contributed by atoms with Crippen LogP contribution in [0.2, 0.25) is 0 Å². The van der Waals surface area contributed by atoms with Crippen molar-refractivity contribution < 1.29 is 4.79 Å². The van der Waals surface area contributed by atoms with Crippen molar-refractivity contribution >= 4 is 12.0 Å². The van der Waals surface area contributed by atoms with Gasteiger partial charge in [0.25, 0.3) is 0 Å². The van der Waals surface area contributed by atoms with Gasteiger partial charge in [0.15, 0.2) is 6.29 Å². The van der Waals surface area contributed by atoms with Crippen LogP contribution >= 0.6 is 0 Å². The highest BCUT2D eigenvalue weighted by Gasteiger charge is 2.16. The predicted octanol–water partition coefficient (Wildman–Crippen LogP) is 2.41. The summed E-state index contributed by atoms with van der Waals surface area (Å²) in [6.45, 7) is 4.25. The van der Waals surface area contributed by atoms with Crippen molar-refractivity contribution in [3.63, 3.8) is 0 Å². The number of carbonyl (C=O) groups excluding carboxylic acids is 1. The van der Waals surface area contributed by atoms with Crippen LogP contribution in [0.4, 0.5) is 5.69 Å². The lowest BCUT2D eigenvalue weighted by molar-refractivity contribution is 0.112. The fourth-order valence-electron chi connectivity index (χ4n) is 2.15. The molecule has 0 aliphatic carbocycles. The normalized spacial score (nSPS) is 15.9. The monoisotopic (exact) mass is 189 g/mol. The van der Waals surface area contributed by atoms with Gasteiger partial charge in [-0.15, -0.1) is 0 Å². The van der Waals surface area contributed by atoms with Crippen molar-refractivity contribution in [1.29, 1.82) is 0 Å². The highest BCUT2D eigenvalue weighted by molar-refractivity contribution is 5.86. The smallest absolute Gasteiger partial charge is 0.152 e. The zero-order chi connectivity index (χ0) is 9.97. The molecule has 2 nitrogen and oxygen atoms in total. The Bertz CT molecular complexity index is 340. The van der Waals surface area contributed by atoms with Crippen LogP contribution in [-0.2, 0) is 0 Å². The Morgan fingerprint density at radius 2 is 2.00 bits per heavy atom. The molecule has 0 radical (unpaired) electrons. The number of aldehydes is 1. The zero-order valence-corrected chi connectivity index (χ0v) is 8.49. The highest BCUT2D eigenvalue weighted by Crippen LogP contribution is 2.27. The van der Waals surface area contributed by atoms with Crippen LogP contribution in [-0.4, -0.2) is 19.4 Å². The summed E-state index contributed by atoms with van der Waals surface area (Å²) in [5.74, 6) is 0. The molecule has 14 heavy (non-hydrogen) atoms. The van der Waals surface area contributed by atoms with Crippen LogP contribution < -0.4 is 4.90 Å². The quantitative estimate of drug-likeness (QED) is 0.666. The molecule has 1 saturated heterocycles. The number of aryl methyl sites for hydroxylation is 1. The van der Waals surface area contributed by atoms with Crippen molar-refractivity contribution in [3.05, 3.63) is 29.3 Å². The first-order valence-electron chi connectivity index (χ1n) is 5.12. The Morgan fingerprint density at radius 3 is 2.64 bits per heavy atom. The van der Waals surface area contributed by atoms with Crippen molar-refractivity contribution in [3.8, 4) is 0 Å². The van der Waals surface area contributed by atoms with Crippen LogP contribution in [0.15, 0.2) is 18.2 Å². The zero-order valence-electron chi connectivity index (χ0n) is 8.49. The lowest BCUT2D eigenvalue weighted by atomic mass is 10.1. The molecule has 2 heteroatoms. The first-order valence-corrected chi connectivity index (χ1v) is 5.12. The second-order valence-electron chi connectivity index (χ2n) is 3.82. The largest absolute Gasteiger partial charge is 0.371 e. The van der Waals surface area contributed by atoms with Crippen molar-refractivity contribution in [2.24, 2.45) is 0 Å². The molecule has 0 spiro atoms. The number of benzene rings is 1. The molecule has 0 atom stereocenters.